The number of alkyl halides is 3. The number of amides is 1. The Bertz CT molecular complexity index is 522. The lowest BCUT2D eigenvalue weighted by Gasteiger charge is -2.31. The van der Waals surface area contributed by atoms with Gasteiger partial charge in [0.05, 0.1) is 17.6 Å². The predicted molar refractivity (Wildman–Crippen MR) is 75.9 cm³/mol. The van der Waals surface area contributed by atoms with Crippen molar-refractivity contribution in [2.45, 2.75) is 56.8 Å². The topological polar surface area (TPSA) is 49.3 Å². The average Bonchev–Trinajstić information content (AvgIpc) is 2.45. The van der Waals surface area contributed by atoms with Crippen molar-refractivity contribution in [1.29, 1.82) is 0 Å². The molecule has 2 N–H and O–H groups in total. The lowest BCUT2D eigenvalue weighted by Crippen LogP contribution is -2.38. The van der Waals surface area contributed by atoms with E-state index < -0.39 is 17.3 Å². The highest BCUT2D eigenvalue weighted by Gasteiger charge is 2.32. The molecule has 1 aliphatic carbocycles. The fourth-order valence-electron chi connectivity index (χ4n) is 2.81. The van der Waals surface area contributed by atoms with Gasteiger partial charge in [0.15, 0.2) is 0 Å². The molecule has 1 aromatic carbocycles. The van der Waals surface area contributed by atoms with Gasteiger partial charge in [-0.15, -0.1) is 0 Å². The van der Waals surface area contributed by atoms with E-state index in [9.17, 15) is 23.1 Å². The minimum atomic E-state index is -4.39. The number of rotatable bonds is 4. The van der Waals surface area contributed by atoms with E-state index in [0.717, 1.165) is 31.4 Å². The lowest BCUT2D eigenvalue weighted by molar-refractivity contribution is -0.137. The van der Waals surface area contributed by atoms with Crippen LogP contribution >= 0.6 is 0 Å². The minimum absolute atomic E-state index is 0.00591. The first kappa shape index (κ1) is 16.8. The molecule has 6 heteroatoms. The van der Waals surface area contributed by atoms with Crippen LogP contribution in [0.15, 0.2) is 24.3 Å². The highest BCUT2D eigenvalue weighted by Crippen LogP contribution is 2.31. The number of aliphatic hydroxyl groups is 1. The number of nitrogens with one attached hydrogen (secondary N) is 1. The van der Waals surface area contributed by atoms with Gasteiger partial charge in [0.2, 0.25) is 5.91 Å². The van der Waals surface area contributed by atoms with E-state index in [1.165, 1.54) is 12.1 Å². The molecule has 1 saturated carbocycles. The molecule has 122 valence electrons. The molecule has 22 heavy (non-hydrogen) atoms. The smallest absolute Gasteiger partial charge is 0.389 e. The second-order valence-electron chi connectivity index (χ2n) is 5.94. The van der Waals surface area contributed by atoms with E-state index in [1.807, 2.05) is 0 Å². The maximum Gasteiger partial charge on any atom is 0.416 e. The Hall–Kier alpha value is -1.56. The van der Waals surface area contributed by atoms with Crippen molar-refractivity contribution in [3.8, 4) is 0 Å². The SMILES string of the molecule is O=C(CC1(O)CCCCC1)NCc1cccc(C(F)(F)F)c1. The number of carbonyl (C=O) groups is 1. The molecule has 2 rings (SSSR count). The Kier molecular flexibility index (Phi) is 5.11. The van der Waals surface area contributed by atoms with Gasteiger partial charge in [0.25, 0.3) is 0 Å². The van der Waals surface area contributed by atoms with Crippen LogP contribution in [0.5, 0.6) is 0 Å². The van der Waals surface area contributed by atoms with Gasteiger partial charge in [-0.05, 0) is 30.5 Å². The highest BCUT2D eigenvalue weighted by molar-refractivity contribution is 5.77. The minimum Gasteiger partial charge on any atom is -0.389 e. The average molecular weight is 315 g/mol. The van der Waals surface area contributed by atoms with Gasteiger partial charge >= 0.3 is 6.18 Å². The zero-order chi connectivity index (χ0) is 16.2. The highest BCUT2D eigenvalue weighted by atomic mass is 19.4. The number of hydrogen-bond acceptors (Lipinski definition) is 2. The summed E-state index contributed by atoms with van der Waals surface area (Å²) in [5.74, 6) is -0.332. The summed E-state index contributed by atoms with van der Waals surface area (Å²) in [6.45, 7) is 0.0266. The fourth-order valence-corrected chi connectivity index (χ4v) is 2.81. The molecule has 1 fully saturated rings. The summed E-state index contributed by atoms with van der Waals surface area (Å²) in [5, 5.41) is 12.9. The summed E-state index contributed by atoms with van der Waals surface area (Å²) >= 11 is 0. The maximum absolute atomic E-state index is 12.6. The molecule has 1 amide bonds. The molecule has 0 aliphatic heterocycles. The monoisotopic (exact) mass is 315 g/mol. The van der Waals surface area contributed by atoms with Crippen molar-refractivity contribution in [3.05, 3.63) is 35.4 Å². The molecule has 1 aliphatic rings. The van der Waals surface area contributed by atoms with Gasteiger partial charge in [-0.2, -0.15) is 13.2 Å². The Morgan fingerprint density at radius 3 is 2.55 bits per heavy atom. The van der Waals surface area contributed by atoms with Gasteiger partial charge < -0.3 is 10.4 Å². The molecule has 0 atom stereocenters. The number of hydrogen-bond donors (Lipinski definition) is 2. The van der Waals surface area contributed by atoms with Gasteiger partial charge in [0.1, 0.15) is 0 Å². The van der Waals surface area contributed by atoms with Gasteiger partial charge in [-0.25, -0.2) is 0 Å². The molecule has 3 nitrogen and oxygen atoms in total. The van der Waals surface area contributed by atoms with Crippen LogP contribution < -0.4 is 5.32 Å². The van der Waals surface area contributed by atoms with Crippen molar-refractivity contribution < 1.29 is 23.1 Å². The van der Waals surface area contributed by atoms with E-state index in [1.54, 1.807) is 0 Å². The second-order valence-corrected chi connectivity index (χ2v) is 5.94. The molecule has 0 unspecified atom stereocenters. The first-order chi connectivity index (χ1) is 10.3. The number of benzene rings is 1. The largest absolute Gasteiger partial charge is 0.416 e. The molecule has 0 heterocycles. The van der Waals surface area contributed by atoms with Crippen LogP contribution in [0.1, 0.15) is 49.7 Å². The maximum atomic E-state index is 12.6. The molecular weight excluding hydrogens is 295 g/mol. The zero-order valence-corrected chi connectivity index (χ0v) is 12.2. The molecular formula is C16H20F3NO2. The third-order valence-corrected chi connectivity index (χ3v) is 4.02. The Morgan fingerprint density at radius 1 is 1.23 bits per heavy atom. The second kappa shape index (κ2) is 6.69. The molecule has 0 saturated heterocycles. The Balaban J connectivity index is 1.88. The standard InChI is InChI=1S/C16H20F3NO2/c17-16(18,19)13-6-4-5-12(9-13)11-20-14(21)10-15(22)7-2-1-3-8-15/h4-6,9,22H,1-3,7-8,10-11H2,(H,20,21). The van der Waals surface area contributed by atoms with Crippen LogP contribution in [0.2, 0.25) is 0 Å². The van der Waals surface area contributed by atoms with E-state index in [4.69, 9.17) is 0 Å². The molecule has 0 radical (unpaired) electrons. The quantitative estimate of drug-likeness (QED) is 0.894. The lowest BCUT2D eigenvalue weighted by atomic mass is 9.82. The van der Waals surface area contributed by atoms with Gasteiger partial charge in [-0.1, -0.05) is 31.4 Å². The predicted octanol–water partition coefficient (Wildman–Crippen LogP) is 3.41. The summed E-state index contributed by atoms with van der Waals surface area (Å²) in [6, 6.07) is 4.87. The fraction of sp³-hybridized carbons (Fsp3) is 0.562. The van der Waals surface area contributed by atoms with Crippen LogP contribution in [-0.2, 0) is 17.5 Å². The van der Waals surface area contributed by atoms with Crippen molar-refractivity contribution in [1.82, 2.24) is 5.32 Å². The van der Waals surface area contributed by atoms with E-state index in [0.29, 0.717) is 18.4 Å². The number of carbonyl (C=O) groups excluding carboxylic acids is 1. The van der Waals surface area contributed by atoms with Crippen LogP contribution in [-0.4, -0.2) is 16.6 Å². The first-order valence-corrected chi connectivity index (χ1v) is 7.44. The molecule has 1 aromatic rings. The van der Waals surface area contributed by atoms with Crippen LogP contribution in [0.4, 0.5) is 13.2 Å². The van der Waals surface area contributed by atoms with Crippen LogP contribution in [0.25, 0.3) is 0 Å². The zero-order valence-electron chi connectivity index (χ0n) is 12.2. The Labute approximate surface area is 127 Å². The third-order valence-electron chi connectivity index (χ3n) is 4.02. The van der Waals surface area contributed by atoms with Crippen LogP contribution in [0, 0.1) is 0 Å². The van der Waals surface area contributed by atoms with Crippen LogP contribution in [0.3, 0.4) is 0 Å². The van der Waals surface area contributed by atoms with Crippen molar-refractivity contribution >= 4 is 5.91 Å². The summed E-state index contributed by atoms with van der Waals surface area (Å²) in [4.78, 5) is 11.9. The van der Waals surface area contributed by atoms with E-state index in [-0.39, 0.29) is 18.9 Å². The molecule has 0 spiro atoms. The summed E-state index contributed by atoms with van der Waals surface area (Å²) in [7, 11) is 0. The first-order valence-electron chi connectivity index (χ1n) is 7.44. The normalized spacial score (nSPS) is 18.0. The van der Waals surface area contributed by atoms with Gasteiger partial charge in [-0.3, -0.25) is 4.79 Å². The number of halogens is 3. The summed E-state index contributed by atoms with van der Waals surface area (Å²) < 4.78 is 37.8. The van der Waals surface area contributed by atoms with Crippen molar-refractivity contribution in [2.75, 3.05) is 0 Å². The van der Waals surface area contributed by atoms with E-state index in [2.05, 4.69) is 5.32 Å². The van der Waals surface area contributed by atoms with Crippen molar-refractivity contribution in [2.24, 2.45) is 0 Å². The molecule has 0 bridgehead atoms. The Morgan fingerprint density at radius 2 is 1.91 bits per heavy atom. The van der Waals surface area contributed by atoms with Gasteiger partial charge in [0, 0.05) is 6.54 Å². The summed E-state index contributed by atoms with van der Waals surface area (Å²) in [6.07, 6.45) is -0.319. The van der Waals surface area contributed by atoms with E-state index >= 15 is 0 Å². The summed E-state index contributed by atoms with van der Waals surface area (Å²) in [5.41, 5.74) is -1.31. The van der Waals surface area contributed by atoms with Crippen molar-refractivity contribution in [3.63, 3.8) is 0 Å². The molecule has 0 aromatic heterocycles. The third kappa shape index (κ3) is 4.73.